The summed E-state index contributed by atoms with van der Waals surface area (Å²) in [6, 6.07) is 13.9. The summed E-state index contributed by atoms with van der Waals surface area (Å²) in [6.45, 7) is 0.888. The number of fused-ring (bicyclic) bond motifs is 2. The van der Waals surface area contributed by atoms with E-state index in [0.717, 1.165) is 29.0 Å². The fraction of sp³-hybridized carbons (Fsp3) is 0.364. The van der Waals surface area contributed by atoms with E-state index in [-0.39, 0.29) is 24.5 Å². The third kappa shape index (κ3) is 3.74. The average Bonchev–Trinajstić information content (AvgIpc) is 3.14. The molecule has 0 fully saturated rings. The van der Waals surface area contributed by atoms with Crippen molar-refractivity contribution in [2.75, 3.05) is 19.0 Å². The van der Waals surface area contributed by atoms with Gasteiger partial charge in [-0.1, -0.05) is 30.3 Å². The third-order valence-corrected chi connectivity index (χ3v) is 5.71. The second kappa shape index (κ2) is 7.53. The Morgan fingerprint density at radius 1 is 1.07 bits per heavy atom. The molecule has 1 heterocycles. The first kappa shape index (κ1) is 17.7. The summed E-state index contributed by atoms with van der Waals surface area (Å²) < 4.78 is 4.99. The van der Waals surface area contributed by atoms with Crippen LogP contribution in [-0.2, 0) is 40.1 Å². The summed E-state index contributed by atoms with van der Waals surface area (Å²) in [7, 11) is 1.41. The maximum Gasteiger partial charge on any atom is 0.365 e. The van der Waals surface area contributed by atoms with Gasteiger partial charge < -0.3 is 15.0 Å². The van der Waals surface area contributed by atoms with Crippen LogP contribution < -0.4 is 10.2 Å². The van der Waals surface area contributed by atoms with Crippen LogP contribution >= 0.6 is 0 Å². The van der Waals surface area contributed by atoms with Crippen molar-refractivity contribution in [3.05, 3.63) is 64.7 Å². The van der Waals surface area contributed by atoms with E-state index in [1.165, 1.54) is 30.2 Å². The molecular weight excluding hydrogens is 340 g/mol. The molecule has 5 nitrogen and oxygen atoms in total. The Morgan fingerprint density at radius 2 is 1.85 bits per heavy atom. The average molecular weight is 365 g/mol. The lowest BCUT2D eigenvalue weighted by Gasteiger charge is -2.31. The summed E-state index contributed by atoms with van der Waals surface area (Å²) in [5.41, 5.74) is 5.91. The second-order valence-electron chi connectivity index (χ2n) is 7.45. The van der Waals surface area contributed by atoms with Crippen molar-refractivity contribution in [3.8, 4) is 0 Å². The van der Waals surface area contributed by atoms with Gasteiger partial charge >= 0.3 is 5.97 Å². The summed E-state index contributed by atoms with van der Waals surface area (Å²) in [6.07, 6.45) is 3.99. The van der Waals surface area contributed by atoms with Crippen molar-refractivity contribution in [1.29, 1.82) is 0 Å². The molecule has 2 aliphatic rings. The van der Waals surface area contributed by atoms with Crippen LogP contribution in [0.25, 0.3) is 0 Å². The van der Waals surface area contributed by atoms with E-state index >= 15 is 0 Å². The smallest absolute Gasteiger partial charge is 0.365 e. The molecular formula is C22H25N2O3+. The molecule has 2 aromatic rings. The van der Waals surface area contributed by atoms with E-state index in [1.54, 1.807) is 0 Å². The van der Waals surface area contributed by atoms with E-state index in [9.17, 15) is 9.59 Å². The fourth-order valence-electron chi connectivity index (χ4n) is 4.30. The van der Waals surface area contributed by atoms with Gasteiger partial charge in [-0.3, -0.25) is 4.79 Å². The van der Waals surface area contributed by atoms with Crippen LogP contribution in [0.15, 0.2) is 42.5 Å². The van der Waals surface area contributed by atoms with Crippen LogP contribution in [0.4, 0.5) is 5.69 Å². The van der Waals surface area contributed by atoms with Crippen molar-refractivity contribution >= 4 is 17.6 Å². The standard InChI is InChI=1S/C22H24N2O3/c1-27-22(26)20-12-17-5-2-3-6-18(17)13-24(20)14-21(25)23-19-10-9-15-7-4-8-16(15)11-19/h2-3,5-6,9-11,20H,4,7-8,12-14H2,1H3,(H,23,25)/p+1/t20-/m1/s1. The van der Waals surface area contributed by atoms with Crippen LogP contribution in [-0.4, -0.2) is 31.6 Å². The quantitative estimate of drug-likeness (QED) is 0.803. The molecule has 0 spiro atoms. The highest BCUT2D eigenvalue weighted by Crippen LogP contribution is 2.24. The summed E-state index contributed by atoms with van der Waals surface area (Å²) in [5.74, 6) is -0.332. The van der Waals surface area contributed by atoms with Gasteiger partial charge in [0.15, 0.2) is 12.6 Å². The molecule has 0 saturated carbocycles. The number of benzene rings is 2. The number of hydrogen-bond acceptors (Lipinski definition) is 3. The monoisotopic (exact) mass is 365 g/mol. The molecule has 27 heavy (non-hydrogen) atoms. The third-order valence-electron chi connectivity index (χ3n) is 5.71. The van der Waals surface area contributed by atoms with E-state index in [0.29, 0.717) is 13.0 Å². The molecule has 1 amide bonds. The first-order chi connectivity index (χ1) is 13.1. The van der Waals surface area contributed by atoms with Gasteiger partial charge in [-0.25, -0.2) is 4.79 Å². The van der Waals surface area contributed by atoms with Gasteiger partial charge in [0.25, 0.3) is 5.91 Å². The van der Waals surface area contributed by atoms with Crippen LogP contribution in [0.3, 0.4) is 0 Å². The Hall–Kier alpha value is -2.66. The topological polar surface area (TPSA) is 59.8 Å². The molecule has 0 bridgehead atoms. The molecule has 1 unspecified atom stereocenters. The molecule has 0 saturated heterocycles. The molecule has 1 aliphatic carbocycles. The van der Waals surface area contributed by atoms with E-state index in [1.807, 2.05) is 24.3 Å². The molecule has 0 radical (unpaired) electrons. The van der Waals surface area contributed by atoms with Gasteiger partial charge in [0.2, 0.25) is 0 Å². The molecule has 2 N–H and O–H groups in total. The van der Waals surface area contributed by atoms with Crippen LogP contribution in [0.2, 0.25) is 0 Å². The van der Waals surface area contributed by atoms with Crippen LogP contribution in [0.1, 0.15) is 28.7 Å². The predicted molar refractivity (Wildman–Crippen MR) is 103 cm³/mol. The Kier molecular flexibility index (Phi) is 4.94. The number of methoxy groups -OCH3 is 1. The zero-order valence-corrected chi connectivity index (χ0v) is 15.6. The van der Waals surface area contributed by atoms with Crippen molar-refractivity contribution in [2.24, 2.45) is 0 Å². The summed E-state index contributed by atoms with van der Waals surface area (Å²) in [5, 5.41) is 3.01. The highest BCUT2D eigenvalue weighted by atomic mass is 16.5. The highest BCUT2D eigenvalue weighted by Gasteiger charge is 2.37. The first-order valence-electron chi connectivity index (χ1n) is 9.55. The zero-order valence-electron chi connectivity index (χ0n) is 15.6. The van der Waals surface area contributed by atoms with E-state index in [2.05, 4.69) is 23.5 Å². The minimum Gasteiger partial charge on any atom is -0.465 e. The van der Waals surface area contributed by atoms with Crippen molar-refractivity contribution in [1.82, 2.24) is 0 Å². The number of anilines is 1. The number of nitrogens with one attached hydrogen (secondary N) is 2. The maximum absolute atomic E-state index is 12.7. The molecule has 2 aromatic carbocycles. The van der Waals surface area contributed by atoms with Gasteiger partial charge in [0.05, 0.1) is 7.11 Å². The van der Waals surface area contributed by atoms with Crippen LogP contribution in [0, 0.1) is 0 Å². The van der Waals surface area contributed by atoms with Gasteiger partial charge in [-0.2, -0.15) is 0 Å². The van der Waals surface area contributed by atoms with E-state index < -0.39 is 0 Å². The molecule has 140 valence electrons. The number of esters is 1. The second-order valence-corrected chi connectivity index (χ2v) is 7.45. The molecule has 0 aromatic heterocycles. The number of rotatable bonds is 4. The number of carbonyl (C=O) groups is 2. The number of ether oxygens (including phenoxy) is 1. The molecule has 2 atom stereocenters. The lowest BCUT2D eigenvalue weighted by atomic mass is 9.94. The van der Waals surface area contributed by atoms with Gasteiger partial charge in [0, 0.05) is 17.7 Å². The highest BCUT2D eigenvalue weighted by molar-refractivity contribution is 5.91. The number of aryl methyl sites for hydroxylation is 2. The minimum atomic E-state index is -0.351. The Balaban J connectivity index is 1.47. The maximum atomic E-state index is 12.7. The number of amides is 1. The van der Waals surface area contributed by atoms with Gasteiger partial charge in [-0.15, -0.1) is 0 Å². The van der Waals surface area contributed by atoms with Crippen LogP contribution in [0.5, 0.6) is 0 Å². The van der Waals surface area contributed by atoms with Gasteiger partial charge in [0.1, 0.15) is 6.54 Å². The largest absolute Gasteiger partial charge is 0.465 e. The molecule has 4 rings (SSSR count). The Morgan fingerprint density at radius 3 is 2.67 bits per heavy atom. The van der Waals surface area contributed by atoms with E-state index in [4.69, 9.17) is 4.74 Å². The first-order valence-corrected chi connectivity index (χ1v) is 9.55. The Labute approximate surface area is 159 Å². The Bertz CT molecular complexity index is 878. The number of quaternary nitrogens is 1. The molecule has 1 aliphatic heterocycles. The van der Waals surface area contributed by atoms with Crippen molar-refractivity contribution in [3.63, 3.8) is 0 Å². The SMILES string of the molecule is COC(=O)[C@H]1Cc2ccccc2C[NH+]1CC(=O)Nc1ccc2c(c1)CCC2. The predicted octanol–water partition coefficient (Wildman–Crippen LogP) is 1.30. The minimum absolute atomic E-state index is 0.0729. The lowest BCUT2D eigenvalue weighted by Crippen LogP contribution is -3.17. The van der Waals surface area contributed by atoms with Crippen molar-refractivity contribution < 1.29 is 19.2 Å². The zero-order chi connectivity index (χ0) is 18.8. The number of carbonyl (C=O) groups excluding carboxylic acids is 2. The van der Waals surface area contributed by atoms with Gasteiger partial charge in [-0.05, 0) is 48.1 Å². The molecule has 5 heteroatoms. The summed E-state index contributed by atoms with van der Waals surface area (Å²) >= 11 is 0. The normalized spacial score (nSPS) is 20.5. The summed E-state index contributed by atoms with van der Waals surface area (Å²) in [4.78, 5) is 25.9. The lowest BCUT2D eigenvalue weighted by molar-refractivity contribution is -0.924. The van der Waals surface area contributed by atoms with Crippen molar-refractivity contribution in [2.45, 2.75) is 38.3 Å². The fourth-order valence-corrected chi connectivity index (χ4v) is 4.30. The number of hydrogen-bond donors (Lipinski definition) is 2.